The minimum atomic E-state index is 0.594. The van der Waals surface area contributed by atoms with Crippen molar-refractivity contribution in [3.8, 4) is 0 Å². The van der Waals surface area contributed by atoms with Crippen molar-refractivity contribution in [3.63, 3.8) is 0 Å². The molecular weight excluding hydrogens is 212 g/mol. The Morgan fingerprint density at radius 3 is 2.64 bits per heavy atom. The summed E-state index contributed by atoms with van der Waals surface area (Å²) in [5.41, 5.74) is 0.948. The number of thiocarbonyl (C=S) groups is 1. The summed E-state index contributed by atoms with van der Waals surface area (Å²) in [5.74, 6) is 0. The predicted octanol–water partition coefficient (Wildman–Crippen LogP) is 2.45. The monoisotopic (exact) mass is 224 g/mol. The van der Waals surface area contributed by atoms with Crippen LogP contribution in [-0.4, -0.2) is 11.7 Å². The number of benzene rings is 1. The molecule has 0 saturated carbocycles. The lowest BCUT2D eigenvalue weighted by molar-refractivity contribution is 1.06. The molecule has 0 unspecified atom stereocenters. The van der Waals surface area contributed by atoms with E-state index in [1.165, 1.54) is 0 Å². The molecule has 4 heteroatoms. The van der Waals surface area contributed by atoms with Gasteiger partial charge in [0.2, 0.25) is 0 Å². The highest BCUT2D eigenvalue weighted by Crippen LogP contribution is 2.11. The summed E-state index contributed by atoms with van der Waals surface area (Å²) in [4.78, 5) is 0.931. The van der Waals surface area contributed by atoms with Gasteiger partial charge in [-0.15, -0.1) is 19.2 Å². The molecule has 0 bridgehead atoms. The van der Waals surface area contributed by atoms with Crippen LogP contribution in [0.5, 0.6) is 0 Å². The van der Waals surface area contributed by atoms with E-state index in [1.807, 2.05) is 24.3 Å². The van der Waals surface area contributed by atoms with E-state index < -0.39 is 0 Å². The molecule has 14 heavy (non-hydrogen) atoms. The standard InChI is InChI=1S/C10H12N2S2/c1-2-7-11-10(14)12-8-3-5-9(13)6-4-8/h2-6,13H,1,7H2,(H2,11,12,14). The number of thiol groups is 1. The molecule has 0 amide bonds. The molecule has 2 N–H and O–H groups in total. The number of hydrogen-bond donors (Lipinski definition) is 3. The second-order valence-corrected chi connectivity index (χ2v) is 3.60. The van der Waals surface area contributed by atoms with Crippen LogP contribution in [0.1, 0.15) is 0 Å². The first-order valence-electron chi connectivity index (χ1n) is 4.17. The molecule has 1 aromatic rings. The van der Waals surface area contributed by atoms with Crippen molar-refractivity contribution in [1.29, 1.82) is 0 Å². The molecule has 0 fully saturated rings. The van der Waals surface area contributed by atoms with E-state index in [0.29, 0.717) is 11.7 Å². The highest BCUT2D eigenvalue weighted by atomic mass is 32.1. The van der Waals surface area contributed by atoms with Crippen molar-refractivity contribution in [2.75, 3.05) is 11.9 Å². The van der Waals surface area contributed by atoms with Crippen molar-refractivity contribution < 1.29 is 0 Å². The highest BCUT2D eigenvalue weighted by molar-refractivity contribution is 7.80. The third-order valence-electron chi connectivity index (χ3n) is 1.53. The average Bonchev–Trinajstić information content (AvgIpc) is 2.18. The lowest BCUT2D eigenvalue weighted by Crippen LogP contribution is -2.28. The fraction of sp³-hybridized carbons (Fsp3) is 0.100. The molecule has 2 nitrogen and oxygen atoms in total. The zero-order chi connectivity index (χ0) is 10.4. The Bertz CT molecular complexity index is 319. The first-order chi connectivity index (χ1) is 6.72. The Morgan fingerprint density at radius 1 is 1.43 bits per heavy atom. The van der Waals surface area contributed by atoms with E-state index in [4.69, 9.17) is 12.2 Å². The van der Waals surface area contributed by atoms with Gasteiger partial charge in [-0.25, -0.2) is 0 Å². The van der Waals surface area contributed by atoms with Gasteiger partial charge in [0.25, 0.3) is 0 Å². The van der Waals surface area contributed by atoms with Crippen LogP contribution in [0.25, 0.3) is 0 Å². The van der Waals surface area contributed by atoms with E-state index in [0.717, 1.165) is 10.6 Å². The second kappa shape index (κ2) is 5.67. The average molecular weight is 224 g/mol. The van der Waals surface area contributed by atoms with Crippen LogP contribution in [0.3, 0.4) is 0 Å². The molecule has 0 aliphatic heterocycles. The maximum absolute atomic E-state index is 5.05. The zero-order valence-electron chi connectivity index (χ0n) is 7.66. The lowest BCUT2D eigenvalue weighted by Gasteiger charge is -2.08. The van der Waals surface area contributed by atoms with Crippen molar-refractivity contribution in [2.45, 2.75) is 4.90 Å². The molecule has 74 valence electrons. The summed E-state index contributed by atoms with van der Waals surface area (Å²) in [5, 5.41) is 6.62. The van der Waals surface area contributed by atoms with Gasteiger partial charge in [0.15, 0.2) is 5.11 Å². The minimum Gasteiger partial charge on any atom is -0.359 e. The number of nitrogens with one attached hydrogen (secondary N) is 2. The zero-order valence-corrected chi connectivity index (χ0v) is 9.37. The summed E-state index contributed by atoms with van der Waals surface area (Å²) in [7, 11) is 0. The second-order valence-electron chi connectivity index (χ2n) is 2.67. The molecule has 0 aromatic heterocycles. The first-order valence-corrected chi connectivity index (χ1v) is 5.02. The van der Waals surface area contributed by atoms with Crippen LogP contribution in [0.4, 0.5) is 5.69 Å². The summed E-state index contributed by atoms with van der Waals surface area (Å²) in [6.07, 6.45) is 1.75. The number of hydrogen-bond acceptors (Lipinski definition) is 2. The van der Waals surface area contributed by atoms with E-state index in [9.17, 15) is 0 Å². The van der Waals surface area contributed by atoms with E-state index in [2.05, 4.69) is 29.8 Å². The van der Waals surface area contributed by atoms with Gasteiger partial charge in [0.1, 0.15) is 0 Å². The molecular formula is C10H12N2S2. The maximum Gasteiger partial charge on any atom is 0.171 e. The van der Waals surface area contributed by atoms with Gasteiger partial charge in [-0.05, 0) is 36.5 Å². The van der Waals surface area contributed by atoms with Crippen molar-refractivity contribution in [2.24, 2.45) is 0 Å². The molecule has 0 atom stereocenters. The first kappa shape index (κ1) is 11.1. The molecule has 0 aliphatic carbocycles. The predicted molar refractivity (Wildman–Crippen MR) is 68.1 cm³/mol. The molecule has 0 radical (unpaired) electrons. The van der Waals surface area contributed by atoms with Crippen LogP contribution in [0, 0.1) is 0 Å². The number of anilines is 1. The van der Waals surface area contributed by atoms with Crippen LogP contribution in [-0.2, 0) is 0 Å². The van der Waals surface area contributed by atoms with Crippen molar-refractivity contribution >= 4 is 35.6 Å². The highest BCUT2D eigenvalue weighted by Gasteiger charge is 1.94. The van der Waals surface area contributed by atoms with E-state index in [-0.39, 0.29) is 0 Å². The SMILES string of the molecule is C=CCNC(=S)Nc1ccc(S)cc1. The third-order valence-corrected chi connectivity index (χ3v) is 2.08. The fourth-order valence-corrected chi connectivity index (χ4v) is 1.24. The fourth-order valence-electron chi connectivity index (χ4n) is 0.885. The van der Waals surface area contributed by atoms with Crippen LogP contribution in [0.15, 0.2) is 41.8 Å². The maximum atomic E-state index is 5.05. The Kier molecular flexibility index (Phi) is 4.49. The minimum absolute atomic E-state index is 0.594. The molecule has 1 rings (SSSR count). The third kappa shape index (κ3) is 3.81. The van der Waals surface area contributed by atoms with E-state index in [1.54, 1.807) is 6.08 Å². The summed E-state index contributed by atoms with van der Waals surface area (Å²) >= 11 is 9.23. The summed E-state index contributed by atoms with van der Waals surface area (Å²) < 4.78 is 0. The van der Waals surface area contributed by atoms with Crippen LogP contribution >= 0.6 is 24.8 Å². The Labute approximate surface area is 94.8 Å². The van der Waals surface area contributed by atoms with Gasteiger partial charge in [-0.2, -0.15) is 0 Å². The molecule has 0 spiro atoms. The van der Waals surface area contributed by atoms with Gasteiger partial charge in [-0.3, -0.25) is 0 Å². The normalized spacial score (nSPS) is 9.21. The van der Waals surface area contributed by atoms with Gasteiger partial charge in [-0.1, -0.05) is 6.08 Å². The van der Waals surface area contributed by atoms with Crippen molar-refractivity contribution in [1.82, 2.24) is 5.32 Å². The van der Waals surface area contributed by atoms with Gasteiger partial charge in [0.05, 0.1) is 0 Å². The summed E-state index contributed by atoms with van der Waals surface area (Å²) in [6.45, 7) is 4.25. The smallest absolute Gasteiger partial charge is 0.171 e. The molecule has 1 aromatic carbocycles. The van der Waals surface area contributed by atoms with Gasteiger partial charge < -0.3 is 10.6 Å². The van der Waals surface area contributed by atoms with Crippen LogP contribution < -0.4 is 10.6 Å². The van der Waals surface area contributed by atoms with Gasteiger partial charge in [0, 0.05) is 17.1 Å². The molecule has 0 aliphatic rings. The van der Waals surface area contributed by atoms with E-state index >= 15 is 0 Å². The quantitative estimate of drug-likeness (QED) is 0.418. The van der Waals surface area contributed by atoms with Crippen molar-refractivity contribution in [3.05, 3.63) is 36.9 Å². The number of rotatable bonds is 3. The van der Waals surface area contributed by atoms with Gasteiger partial charge >= 0.3 is 0 Å². The Balaban J connectivity index is 2.47. The Hall–Kier alpha value is -1.00. The molecule has 0 saturated heterocycles. The largest absolute Gasteiger partial charge is 0.359 e. The van der Waals surface area contributed by atoms with Crippen LogP contribution in [0.2, 0.25) is 0 Å². The molecule has 0 heterocycles. The Morgan fingerprint density at radius 2 is 2.07 bits per heavy atom. The topological polar surface area (TPSA) is 24.1 Å². The lowest BCUT2D eigenvalue weighted by atomic mass is 10.3. The summed E-state index contributed by atoms with van der Waals surface area (Å²) in [6, 6.07) is 7.65.